The molecular weight excluding hydrogens is 366 g/mol. The van der Waals surface area contributed by atoms with Crippen molar-refractivity contribution in [3.05, 3.63) is 88.4 Å². The molecule has 3 heterocycles. The predicted octanol–water partition coefficient (Wildman–Crippen LogP) is 2.64. The van der Waals surface area contributed by atoms with Crippen LogP contribution >= 0.6 is 0 Å². The molecular formula is C22H17N5O2. The maximum atomic E-state index is 14.1. The second kappa shape index (κ2) is 5.97. The van der Waals surface area contributed by atoms with Gasteiger partial charge in [0.25, 0.3) is 0 Å². The highest BCUT2D eigenvalue weighted by Gasteiger charge is 2.60. The highest BCUT2D eigenvalue weighted by atomic mass is 16.5. The lowest BCUT2D eigenvalue weighted by Gasteiger charge is -2.32. The Labute approximate surface area is 167 Å². The van der Waals surface area contributed by atoms with Crippen LogP contribution in [0.5, 0.6) is 5.88 Å². The van der Waals surface area contributed by atoms with Crippen molar-refractivity contribution >= 4 is 11.6 Å². The third-order valence-corrected chi connectivity index (χ3v) is 5.58. The van der Waals surface area contributed by atoms with Crippen LogP contribution in [0.3, 0.4) is 0 Å². The molecule has 7 heteroatoms. The average Bonchev–Trinajstić information content (AvgIpc) is 3.21. The lowest BCUT2D eigenvalue weighted by molar-refractivity contribution is -0.121. The van der Waals surface area contributed by atoms with E-state index in [-0.39, 0.29) is 23.2 Å². The molecule has 3 N–H and O–H groups in total. The van der Waals surface area contributed by atoms with Crippen LogP contribution in [0.4, 0.5) is 5.69 Å². The second-order valence-corrected chi connectivity index (χ2v) is 7.13. The molecule has 1 spiro atoms. The molecule has 0 unspecified atom stereocenters. The van der Waals surface area contributed by atoms with E-state index in [1.54, 1.807) is 4.90 Å². The van der Waals surface area contributed by atoms with Gasteiger partial charge in [-0.05, 0) is 18.6 Å². The first-order valence-electron chi connectivity index (χ1n) is 9.18. The number of benzene rings is 2. The summed E-state index contributed by atoms with van der Waals surface area (Å²) in [7, 11) is 0. The van der Waals surface area contributed by atoms with Crippen LogP contribution in [0.15, 0.2) is 66.1 Å². The summed E-state index contributed by atoms with van der Waals surface area (Å²) < 4.78 is 5.58. The molecule has 1 aromatic heterocycles. The molecule has 0 fully saturated rings. The zero-order valence-electron chi connectivity index (χ0n) is 15.6. The molecule has 2 aliphatic heterocycles. The topological polar surface area (TPSA) is 108 Å². The summed E-state index contributed by atoms with van der Waals surface area (Å²) in [6.45, 7) is 2.19. The number of rotatable bonds is 2. The van der Waals surface area contributed by atoms with Crippen LogP contribution in [0.2, 0.25) is 0 Å². The number of hydrogen-bond donors (Lipinski definition) is 2. The summed E-state index contributed by atoms with van der Waals surface area (Å²) >= 11 is 0. The van der Waals surface area contributed by atoms with E-state index in [0.717, 1.165) is 11.3 Å². The quantitative estimate of drug-likeness (QED) is 0.707. The number of nitriles is 1. The molecule has 0 saturated heterocycles. The zero-order chi connectivity index (χ0) is 20.2. The molecule has 0 radical (unpaired) electrons. The molecule has 2 aromatic carbocycles. The van der Waals surface area contributed by atoms with Gasteiger partial charge in [-0.2, -0.15) is 5.26 Å². The largest absolute Gasteiger partial charge is 0.420 e. The summed E-state index contributed by atoms with van der Waals surface area (Å²) in [5.41, 5.74) is 8.43. The number of amides is 1. The third-order valence-electron chi connectivity index (χ3n) is 5.58. The van der Waals surface area contributed by atoms with Crippen molar-refractivity contribution in [1.29, 1.82) is 5.26 Å². The van der Waals surface area contributed by atoms with Crippen LogP contribution in [-0.2, 0) is 16.8 Å². The number of ether oxygens (including phenoxy) is 1. The van der Waals surface area contributed by atoms with Crippen molar-refractivity contribution in [3.8, 4) is 11.9 Å². The number of hydrogen-bond acceptors (Lipinski definition) is 5. The Morgan fingerprint density at radius 1 is 1.21 bits per heavy atom. The predicted molar refractivity (Wildman–Crippen MR) is 106 cm³/mol. The van der Waals surface area contributed by atoms with E-state index in [9.17, 15) is 10.1 Å². The number of carbonyl (C=O) groups is 1. The number of aromatic amines is 1. The van der Waals surface area contributed by atoms with Gasteiger partial charge in [-0.25, -0.2) is 0 Å². The van der Waals surface area contributed by atoms with Crippen LogP contribution in [0.1, 0.15) is 22.4 Å². The minimum absolute atomic E-state index is 0.0857. The van der Waals surface area contributed by atoms with Crippen LogP contribution in [0, 0.1) is 18.3 Å². The number of anilines is 1. The van der Waals surface area contributed by atoms with Crippen molar-refractivity contribution in [1.82, 2.24) is 10.2 Å². The zero-order valence-corrected chi connectivity index (χ0v) is 15.6. The lowest BCUT2D eigenvalue weighted by Crippen LogP contribution is -2.45. The molecule has 29 heavy (non-hydrogen) atoms. The van der Waals surface area contributed by atoms with Gasteiger partial charge in [-0.3, -0.25) is 9.89 Å². The molecule has 7 nitrogen and oxygen atoms in total. The number of para-hydroxylation sites is 1. The van der Waals surface area contributed by atoms with E-state index in [2.05, 4.69) is 16.3 Å². The Hall–Kier alpha value is -4.05. The minimum Gasteiger partial charge on any atom is -0.420 e. The van der Waals surface area contributed by atoms with E-state index < -0.39 is 5.41 Å². The SMILES string of the molecule is Cc1[nH]nc2c1[C@@]1(C(=O)N(Cc3ccccc3)c3ccccc31)C(C#N)=C(N)O2. The first kappa shape index (κ1) is 17.1. The van der Waals surface area contributed by atoms with Gasteiger partial charge in [0.05, 0.1) is 12.1 Å². The number of fused-ring (bicyclic) bond motifs is 4. The number of aromatic nitrogens is 2. The van der Waals surface area contributed by atoms with Gasteiger partial charge in [-0.1, -0.05) is 48.5 Å². The molecule has 142 valence electrons. The Morgan fingerprint density at radius 2 is 1.93 bits per heavy atom. The maximum Gasteiger partial charge on any atom is 0.248 e. The average molecular weight is 383 g/mol. The van der Waals surface area contributed by atoms with Gasteiger partial charge in [-0.15, -0.1) is 5.10 Å². The fourth-order valence-corrected chi connectivity index (χ4v) is 4.39. The normalized spacial score (nSPS) is 19.7. The summed E-state index contributed by atoms with van der Waals surface area (Å²) in [6, 6.07) is 19.4. The molecule has 0 aliphatic carbocycles. The minimum atomic E-state index is -1.38. The standard InChI is InChI=1S/C22H17N5O2/c1-13-18-20(26-25-13)29-19(24)16(11-23)22(18)15-9-5-6-10-17(15)27(21(22)28)12-14-7-3-2-4-8-14/h2-10H,12,24H2,1H3,(H,25,26)/t22-/m0/s1. The van der Waals surface area contributed by atoms with E-state index >= 15 is 0 Å². The van der Waals surface area contributed by atoms with Crippen molar-refractivity contribution in [2.45, 2.75) is 18.9 Å². The van der Waals surface area contributed by atoms with Crippen molar-refractivity contribution in [2.75, 3.05) is 4.90 Å². The van der Waals surface area contributed by atoms with E-state index in [4.69, 9.17) is 10.5 Å². The van der Waals surface area contributed by atoms with Crippen molar-refractivity contribution in [2.24, 2.45) is 5.73 Å². The monoisotopic (exact) mass is 383 g/mol. The third kappa shape index (κ3) is 2.11. The van der Waals surface area contributed by atoms with E-state index in [1.165, 1.54) is 0 Å². The van der Waals surface area contributed by atoms with Crippen LogP contribution in [-0.4, -0.2) is 16.1 Å². The Morgan fingerprint density at radius 3 is 2.69 bits per heavy atom. The lowest BCUT2D eigenvalue weighted by atomic mass is 9.69. The summed E-state index contributed by atoms with van der Waals surface area (Å²) in [6.07, 6.45) is 0. The van der Waals surface area contributed by atoms with E-state index in [0.29, 0.717) is 23.4 Å². The van der Waals surface area contributed by atoms with Crippen LogP contribution in [0.25, 0.3) is 0 Å². The Balaban J connectivity index is 1.80. The molecule has 2 aliphatic rings. The highest BCUT2D eigenvalue weighted by molar-refractivity contribution is 6.14. The summed E-state index contributed by atoms with van der Waals surface area (Å²) in [4.78, 5) is 15.8. The Kier molecular flexibility index (Phi) is 3.52. The summed E-state index contributed by atoms with van der Waals surface area (Å²) in [5.74, 6) is -0.115. The number of carbonyl (C=O) groups excluding carboxylic acids is 1. The fraction of sp³-hybridized carbons (Fsp3) is 0.136. The highest BCUT2D eigenvalue weighted by Crippen LogP contribution is 2.55. The van der Waals surface area contributed by atoms with Crippen LogP contribution < -0.4 is 15.4 Å². The van der Waals surface area contributed by atoms with Gasteiger partial charge in [0.1, 0.15) is 17.1 Å². The fourth-order valence-electron chi connectivity index (χ4n) is 4.39. The van der Waals surface area contributed by atoms with Gasteiger partial charge in [0.15, 0.2) is 0 Å². The maximum absolute atomic E-state index is 14.1. The molecule has 0 bridgehead atoms. The molecule has 1 amide bonds. The number of aryl methyl sites for hydroxylation is 1. The Bertz CT molecular complexity index is 1220. The molecule has 3 aromatic rings. The molecule has 0 saturated carbocycles. The second-order valence-electron chi connectivity index (χ2n) is 7.13. The number of nitrogens with two attached hydrogens (primary N) is 1. The number of nitrogens with zero attached hydrogens (tertiary/aromatic N) is 3. The number of nitrogens with one attached hydrogen (secondary N) is 1. The number of H-pyrrole nitrogens is 1. The van der Waals surface area contributed by atoms with Gasteiger partial charge >= 0.3 is 0 Å². The van der Waals surface area contributed by atoms with E-state index in [1.807, 2.05) is 61.5 Å². The van der Waals surface area contributed by atoms with Crippen molar-refractivity contribution in [3.63, 3.8) is 0 Å². The summed E-state index contributed by atoms with van der Waals surface area (Å²) in [5, 5.41) is 17.0. The van der Waals surface area contributed by atoms with Crippen molar-refractivity contribution < 1.29 is 9.53 Å². The van der Waals surface area contributed by atoms with Gasteiger partial charge in [0.2, 0.25) is 17.7 Å². The van der Waals surface area contributed by atoms with Gasteiger partial charge < -0.3 is 15.4 Å². The molecule has 1 atom stereocenters. The first-order valence-corrected chi connectivity index (χ1v) is 9.18. The molecule has 5 rings (SSSR count). The van der Waals surface area contributed by atoms with Gasteiger partial charge in [0, 0.05) is 16.9 Å². The first-order chi connectivity index (χ1) is 14.1. The smallest absolute Gasteiger partial charge is 0.248 e.